The molecule has 30 heavy (non-hydrogen) atoms. The molecule has 4 rings (SSSR count). The number of hydrogen-bond acceptors (Lipinski definition) is 6. The molecule has 0 aliphatic carbocycles. The van der Waals surface area contributed by atoms with Gasteiger partial charge in [0.25, 0.3) is 10.0 Å². The van der Waals surface area contributed by atoms with Crippen LogP contribution in [0.15, 0.2) is 65.7 Å². The minimum absolute atomic E-state index is 0.00356. The molecule has 2 aromatic carbocycles. The SMILES string of the molecule is COc1ccc(C)cc1S(=O)(=O)Nc1c(C#N)cnn1-c1ccc2ccccc2n1. The molecule has 2 aromatic heterocycles. The third-order valence-corrected chi connectivity index (χ3v) is 5.89. The molecule has 0 saturated carbocycles. The molecule has 0 saturated heterocycles. The first kappa shape index (κ1) is 19.4. The topological polar surface area (TPSA) is 110 Å². The molecule has 0 spiro atoms. The number of ether oxygens (including phenoxy) is 1. The van der Waals surface area contributed by atoms with Crippen LogP contribution < -0.4 is 9.46 Å². The Labute approximate surface area is 173 Å². The molecule has 0 aliphatic heterocycles. The Morgan fingerprint density at radius 3 is 2.70 bits per heavy atom. The summed E-state index contributed by atoms with van der Waals surface area (Å²) in [5.41, 5.74) is 1.54. The molecular formula is C21H17N5O3S. The molecule has 0 aliphatic rings. The Morgan fingerprint density at radius 1 is 1.13 bits per heavy atom. The minimum atomic E-state index is -4.07. The van der Waals surface area contributed by atoms with E-state index in [0.717, 1.165) is 16.5 Å². The van der Waals surface area contributed by atoms with Crippen LogP contribution in [0.5, 0.6) is 5.75 Å². The maximum absolute atomic E-state index is 13.1. The predicted octanol–water partition coefficient (Wildman–Crippen LogP) is 3.41. The van der Waals surface area contributed by atoms with E-state index >= 15 is 0 Å². The zero-order valence-corrected chi connectivity index (χ0v) is 17.0. The van der Waals surface area contributed by atoms with E-state index in [9.17, 15) is 13.7 Å². The van der Waals surface area contributed by atoms with Gasteiger partial charge >= 0.3 is 0 Å². The van der Waals surface area contributed by atoms with Crippen molar-refractivity contribution < 1.29 is 13.2 Å². The summed E-state index contributed by atoms with van der Waals surface area (Å²) in [4.78, 5) is 4.50. The Hall–Kier alpha value is -3.90. The third-order valence-electron chi connectivity index (χ3n) is 4.53. The lowest BCUT2D eigenvalue weighted by molar-refractivity contribution is 0.402. The van der Waals surface area contributed by atoms with Gasteiger partial charge in [0, 0.05) is 5.39 Å². The zero-order valence-electron chi connectivity index (χ0n) is 16.2. The van der Waals surface area contributed by atoms with Crippen molar-refractivity contribution in [2.24, 2.45) is 0 Å². The smallest absolute Gasteiger partial charge is 0.266 e. The molecule has 9 heteroatoms. The number of pyridine rings is 1. The standard InChI is InChI=1S/C21H17N5O3S/c1-14-7-9-18(29-2)19(11-14)30(27,28)25-21-16(12-22)13-23-26(21)20-10-8-15-5-3-4-6-17(15)24-20/h3-11,13,25H,1-2H3. The molecule has 0 radical (unpaired) electrons. The van der Waals surface area contributed by atoms with Crippen LogP contribution in [-0.4, -0.2) is 30.3 Å². The van der Waals surface area contributed by atoms with Gasteiger partial charge in [-0.05, 0) is 42.8 Å². The molecule has 150 valence electrons. The van der Waals surface area contributed by atoms with Gasteiger partial charge < -0.3 is 4.74 Å². The molecule has 4 aromatic rings. The van der Waals surface area contributed by atoms with Crippen molar-refractivity contribution in [1.82, 2.24) is 14.8 Å². The maximum atomic E-state index is 13.1. The Kier molecular flexibility index (Phi) is 4.85. The second kappa shape index (κ2) is 7.50. The van der Waals surface area contributed by atoms with Crippen molar-refractivity contribution >= 4 is 26.7 Å². The van der Waals surface area contributed by atoms with Crippen molar-refractivity contribution in [2.45, 2.75) is 11.8 Å². The van der Waals surface area contributed by atoms with E-state index in [1.165, 1.54) is 24.1 Å². The molecule has 8 nitrogen and oxygen atoms in total. The number of nitriles is 1. The highest BCUT2D eigenvalue weighted by molar-refractivity contribution is 7.92. The summed E-state index contributed by atoms with van der Waals surface area (Å²) in [5.74, 6) is 0.578. The van der Waals surface area contributed by atoms with Gasteiger partial charge in [-0.25, -0.2) is 13.4 Å². The summed E-state index contributed by atoms with van der Waals surface area (Å²) in [7, 11) is -2.67. The number of rotatable bonds is 5. The third kappa shape index (κ3) is 3.44. The molecular weight excluding hydrogens is 402 g/mol. The van der Waals surface area contributed by atoms with E-state index in [1.807, 2.05) is 36.4 Å². The average molecular weight is 419 g/mol. The van der Waals surface area contributed by atoms with E-state index in [4.69, 9.17) is 4.74 Å². The molecule has 2 heterocycles. The number of benzene rings is 2. The number of sulfonamides is 1. The zero-order chi connectivity index (χ0) is 21.3. The summed E-state index contributed by atoms with van der Waals surface area (Å²) in [6.45, 7) is 1.78. The Balaban J connectivity index is 1.83. The van der Waals surface area contributed by atoms with Crippen molar-refractivity contribution in [2.75, 3.05) is 11.8 Å². The number of para-hydroxylation sites is 1. The van der Waals surface area contributed by atoms with Crippen LogP contribution in [0.1, 0.15) is 11.1 Å². The van der Waals surface area contributed by atoms with Gasteiger partial charge in [0.15, 0.2) is 11.6 Å². The maximum Gasteiger partial charge on any atom is 0.266 e. The summed E-state index contributed by atoms with van der Waals surface area (Å²) in [6.07, 6.45) is 1.29. The largest absolute Gasteiger partial charge is 0.495 e. The van der Waals surface area contributed by atoms with E-state index in [1.54, 1.807) is 25.1 Å². The minimum Gasteiger partial charge on any atom is -0.495 e. The molecule has 0 fully saturated rings. The van der Waals surface area contributed by atoms with Crippen molar-refractivity contribution in [1.29, 1.82) is 5.26 Å². The number of nitrogens with zero attached hydrogens (tertiary/aromatic N) is 4. The van der Waals surface area contributed by atoms with E-state index in [-0.39, 0.29) is 22.0 Å². The van der Waals surface area contributed by atoms with Crippen LogP contribution in [-0.2, 0) is 10.0 Å². The van der Waals surface area contributed by atoms with Crippen molar-refractivity contribution in [3.05, 3.63) is 71.9 Å². The molecule has 1 N–H and O–H groups in total. The van der Waals surface area contributed by atoms with Gasteiger partial charge in [0.2, 0.25) is 0 Å². The van der Waals surface area contributed by atoms with Gasteiger partial charge in [0.1, 0.15) is 22.3 Å². The van der Waals surface area contributed by atoms with Crippen molar-refractivity contribution in [3.63, 3.8) is 0 Å². The van der Waals surface area contributed by atoms with Gasteiger partial charge in [-0.15, -0.1) is 0 Å². The lowest BCUT2D eigenvalue weighted by atomic mass is 10.2. The van der Waals surface area contributed by atoms with E-state index in [0.29, 0.717) is 5.82 Å². The van der Waals surface area contributed by atoms with Gasteiger partial charge in [0.05, 0.1) is 18.8 Å². The number of anilines is 1. The van der Waals surface area contributed by atoms with Crippen molar-refractivity contribution in [3.8, 4) is 17.6 Å². The number of aryl methyl sites for hydroxylation is 1. The Morgan fingerprint density at radius 2 is 1.93 bits per heavy atom. The normalized spacial score (nSPS) is 11.2. The number of hydrogen-bond donors (Lipinski definition) is 1. The van der Waals surface area contributed by atoms with Crippen LogP contribution >= 0.6 is 0 Å². The average Bonchev–Trinajstić information content (AvgIpc) is 3.15. The molecule has 0 bridgehead atoms. The first-order chi connectivity index (χ1) is 14.4. The van der Waals surface area contributed by atoms with Crippen LogP contribution in [0, 0.1) is 18.3 Å². The first-order valence-corrected chi connectivity index (χ1v) is 10.4. The molecule has 0 amide bonds. The fourth-order valence-corrected chi connectivity index (χ4v) is 4.37. The summed E-state index contributed by atoms with van der Waals surface area (Å²) in [5, 5.41) is 14.6. The molecule has 0 atom stereocenters. The first-order valence-electron chi connectivity index (χ1n) is 8.94. The van der Waals surface area contributed by atoms with E-state index in [2.05, 4.69) is 14.8 Å². The summed E-state index contributed by atoms with van der Waals surface area (Å²) >= 11 is 0. The predicted molar refractivity (Wildman–Crippen MR) is 112 cm³/mol. The fourth-order valence-electron chi connectivity index (χ4n) is 3.05. The lowest BCUT2D eigenvalue weighted by Crippen LogP contribution is -2.18. The quantitative estimate of drug-likeness (QED) is 0.531. The number of fused-ring (bicyclic) bond motifs is 1. The highest BCUT2D eigenvalue weighted by Gasteiger charge is 2.24. The molecule has 0 unspecified atom stereocenters. The Bertz CT molecular complexity index is 1400. The fraction of sp³-hybridized carbons (Fsp3) is 0.0952. The number of methoxy groups -OCH3 is 1. The summed E-state index contributed by atoms with van der Waals surface area (Å²) in [6, 6.07) is 17.9. The second-order valence-electron chi connectivity index (χ2n) is 6.55. The second-order valence-corrected chi connectivity index (χ2v) is 8.20. The summed E-state index contributed by atoms with van der Waals surface area (Å²) < 4.78 is 35.3. The lowest BCUT2D eigenvalue weighted by Gasteiger charge is -2.14. The number of aromatic nitrogens is 3. The van der Waals surface area contributed by atoms with Gasteiger partial charge in [-0.1, -0.05) is 24.3 Å². The highest BCUT2D eigenvalue weighted by Crippen LogP contribution is 2.29. The van der Waals surface area contributed by atoms with Crippen LogP contribution in [0.3, 0.4) is 0 Å². The number of nitrogens with one attached hydrogen (secondary N) is 1. The van der Waals surface area contributed by atoms with E-state index < -0.39 is 10.0 Å². The van der Waals surface area contributed by atoms with Gasteiger partial charge in [-0.3, -0.25) is 4.72 Å². The highest BCUT2D eigenvalue weighted by atomic mass is 32.2. The van der Waals surface area contributed by atoms with Crippen LogP contribution in [0.2, 0.25) is 0 Å². The van der Waals surface area contributed by atoms with Gasteiger partial charge in [-0.2, -0.15) is 15.0 Å². The van der Waals surface area contributed by atoms with Crippen LogP contribution in [0.25, 0.3) is 16.7 Å². The monoisotopic (exact) mass is 419 g/mol. The van der Waals surface area contributed by atoms with Crippen LogP contribution in [0.4, 0.5) is 5.82 Å².